The number of rotatable bonds is 3. The highest BCUT2D eigenvalue weighted by atomic mass is 19.1. The van der Waals surface area contributed by atoms with E-state index in [2.05, 4.69) is 5.32 Å². The average molecular weight is 291 g/mol. The van der Waals surface area contributed by atoms with Crippen molar-refractivity contribution in [2.24, 2.45) is 23.7 Å². The molecule has 1 aromatic carbocycles. The SMILES string of the molecule is Cc1ccc(NC(=O)[C@H]2[C@H]3CC[C@@H](C3)[C@H]2C(=O)O)cc1F. The molecule has 5 heteroatoms. The monoisotopic (exact) mass is 291 g/mol. The van der Waals surface area contributed by atoms with Crippen LogP contribution in [0, 0.1) is 36.4 Å². The fourth-order valence-electron chi connectivity index (χ4n) is 3.92. The molecule has 3 rings (SSSR count). The van der Waals surface area contributed by atoms with E-state index in [1.54, 1.807) is 19.1 Å². The number of benzene rings is 1. The number of hydrogen-bond donors (Lipinski definition) is 2. The third kappa shape index (κ3) is 2.41. The number of carboxylic acid groups (broad SMARTS) is 1. The minimum Gasteiger partial charge on any atom is -0.481 e. The van der Waals surface area contributed by atoms with Gasteiger partial charge in [0.15, 0.2) is 0 Å². The van der Waals surface area contributed by atoms with Gasteiger partial charge in [0.25, 0.3) is 0 Å². The van der Waals surface area contributed by atoms with Gasteiger partial charge in [-0.05, 0) is 55.7 Å². The van der Waals surface area contributed by atoms with Crippen LogP contribution in [0.15, 0.2) is 18.2 Å². The van der Waals surface area contributed by atoms with Crippen LogP contribution in [-0.4, -0.2) is 17.0 Å². The lowest BCUT2D eigenvalue weighted by Crippen LogP contribution is -2.37. The zero-order chi connectivity index (χ0) is 15.1. The lowest BCUT2D eigenvalue weighted by Gasteiger charge is -2.27. The van der Waals surface area contributed by atoms with Gasteiger partial charge in [0.1, 0.15) is 5.82 Å². The molecular weight excluding hydrogens is 273 g/mol. The molecule has 112 valence electrons. The van der Waals surface area contributed by atoms with Gasteiger partial charge in [-0.15, -0.1) is 0 Å². The van der Waals surface area contributed by atoms with Crippen LogP contribution in [0.3, 0.4) is 0 Å². The Morgan fingerprint density at radius 3 is 2.52 bits per heavy atom. The number of halogens is 1. The molecule has 0 unspecified atom stereocenters. The van der Waals surface area contributed by atoms with Gasteiger partial charge in [-0.2, -0.15) is 0 Å². The van der Waals surface area contributed by atoms with Crippen LogP contribution in [0.1, 0.15) is 24.8 Å². The summed E-state index contributed by atoms with van der Waals surface area (Å²) in [4.78, 5) is 23.8. The Bertz CT molecular complexity index is 601. The molecule has 4 nitrogen and oxygen atoms in total. The van der Waals surface area contributed by atoms with Gasteiger partial charge in [-0.25, -0.2) is 4.39 Å². The maximum Gasteiger partial charge on any atom is 0.307 e. The van der Waals surface area contributed by atoms with Gasteiger partial charge in [0, 0.05) is 5.69 Å². The van der Waals surface area contributed by atoms with E-state index in [1.165, 1.54) is 6.07 Å². The number of aryl methyl sites for hydroxylation is 1. The van der Waals surface area contributed by atoms with Crippen LogP contribution in [0.4, 0.5) is 10.1 Å². The molecule has 2 aliphatic rings. The molecule has 21 heavy (non-hydrogen) atoms. The van der Waals surface area contributed by atoms with Gasteiger partial charge in [0.05, 0.1) is 11.8 Å². The topological polar surface area (TPSA) is 66.4 Å². The Morgan fingerprint density at radius 1 is 1.24 bits per heavy atom. The second-order valence-corrected chi connectivity index (χ2v) is 6.18. The summed E-state index contributed by atoms with van der Waals surface area (Å²) in [5.74, 6) is -2.40. The van der Waals surface area contributed by atoms with Crippen molar-refractivity contribution < 1.29 is 19.1 Å². The summed E-state index contributed by atoms with van der Waals surface area (Å²) in [7, 11) is 0. The molecule has 2 fully saturated rings. The molecular formula is C16H18FNO3. The number of fused-ring (bicyclic) bond motifs is 2. The number of carboxylic acids is 1. The number of aliphatic carboxylic acids is 1. The molecule has 0 aromatic heterocycles. The summed E-state index contributed by atoms with van der Waals surface area (Å²) in [6.45, 7) is 1.65. The fourth-order valence-corrected chi connectivity index (χ4v) is 3.92. The summed E-state index contributed by atoms with van der Waals surface area (Å²) in [6, 6.07) is 4.51. The van der Waals surface area contributed by atoms with Gasteiger partial charge in [-0.3, -0.25) is 9.59 Å². The normalized spacial score (nSPS) is 30.4. The zero-order valence-electron chi connectivity index (χ0n) is 11.8. The van der Waals surface area contributed by atoms with Crippen LogP contribution in [0.2, 0.25) is 0 Å². The molecule has 4 atom stereocenters. The molecule has 2 aliphatic carbocycles. The largest absolute Gasteiger partial charge is 0.481 e. The number of hydrogen-bond acceptors (Lipinski definition) is 2. The van der Waals surface area contributed by atoms with E-state index in [4.69, 9.17) is 0 Å². The number of amides is 1. The summed E-state index contributed by atoms with van der Waals surface area (Å²) >= 11 is 0. The van der Waals surface area contributed by atoms with Crippen molar-refractivity contribution >= 4 is 17.6 Å². The van der Waals surface area contributed by atoms with Crippen LogP contribution in [-0.2, 0) is 9.59 Å². The molecule has 0 aliphatic heterocycles. The molecule has 1 amide bonds. The maximum atomic E-state index is 13.5. The average Bonchev–Trinajstić information content (AvgIpc) is 3.03. The van der Waals surface area contributed by atoms with Gasteiger partial charge < -0.3 is 10.4 Å². The lowest BCUT2D eigenvalue weighted by molar-refractivity contribution is -0.148. The second-order valence-electron chi connectivity index (χ2n) is 6.18. The number of carbonyl (C=O) groups excluding carboxylic acids is 1. The lowest BCUT2D eigenvalue weighted by atomic mass is 9.78. The quantitative estimate of drug-likeness (QED) is 0.900. The molecule has 2 N–H and O–H groups in total. The molecule has 0 radical (unpaired) electrons. The highest BCUT2D eigenvalue weighted by Gasteiger charge is 2.53. The molecule has 0 heterocycles. The third-order valence-electron chi connectivity index (χ3n) is 4.94. The Labute approximate surface area is 122 Å². The highest BCUT2D eigenvalue weighted by molar-refractivity contribution is 5.96. The Hall–Kier alpha value is -1.91. The Kier molecular flexibility index (Phi) is 3.43. The van der Waals surface area contributed by atoms with Crippen molar-refractivity contribution in [2.75, 3.05) is 5.32 Å². The predicted molar refractivity (Wildman–Crippen MR) is 75.2 cm³/mol. The van der Waals surface area contributed by atoms with Crippen molar-refractivity contribution in [3.05, 3.63) is 29.6 Å². The van der Waals surface area contributed by atoms with Crippen molar-refractivity contribution in [1.29, 1.82) is 0 Å². The van der Waals surface area contributed by atoms with Crippen LogP contribution >= 0.6 is 0 Å². The zero-order valence-corrected chi connectivity index (χ0v) is 11.8. The van der Waals surface area contributed by atoms with Crippen molar-refractivity contribution in [1.82, 2.24) is 0 Å². The highest BCUT2D eigenvalue weighted by Crippen LogP contribution is 2.52. The fraction of sp³-hybridized carbons (Fsp3) is 0.500. The first-order valence-electron chi connectivity index (χ1n) is 7.27. The van der Waals surface area contributed by atoms with E-state index in [1.807, 2.05) is 0 Å². The van der Waals surface area contributed by atoms with Crippen LogP contribution in [0.25, 0.3) is 0 Å². The van der Waals surface area contributed by atoms with E-state index >= 15 is 0 Å². The Balaban J connectivity index is 1.78. The van der Waals surface area contributed by atoms with Crippen LogP contribution < -0.4 is 5.32 Å². The standard InChI is InChI=1S/C16H18FNO3/c1-8-2-5-11(7-12(8)17)18-15(19)13-9-3-4-10(6-9)14(13)16(20)21/h2,5,7,9-10,13-14H,3-4,6H2,1H3,(H,18,19)(H,20,21)/t9-,10-,13-,14+/m0/s1. The van der Waals surface area contributed by atoms with Crippen molar-refractivity contribution in [3.63, 3.8) is 0 Å². The minimum absolute atomic E-state index is 0.109. The summed E-state index contributed by atoms with van der Waals surface area (Å²) in [6.07, 6.45) is 2.62. The van der Waals surface area contributed by atoms with E-state index < -0.39 is 17.8 Å². The first-order chi connectivity index (χ1) is 9.97. The smallest absolute Gasteiger partial charge is 0.307 e. The van der Waals surface area contributed by atoms with Crippen LogP contribution in [0.5, 0.6) is 0 Å². The number of carbonyl (C=O) groups is 2. The minimum atomic E-state index is -0.891. The summed E-state index contributed by atoms with van der Waals surface area (Å²) in [5.41, 5.74) is 0.895. The van der Waals surface area contributed by atoms with Gasteiger partial charge >= 0.3 is 5.97 Å². The van der Waals surface area contributed by atoms with E-state index in [-0.39, 0.29) is 23.6 Å². The predicted octanol–water partition coefficient (Wildman–Crippen LogP) is 2.82. The molecule has 0 spiro atoms. The maximum absolute atomic E-state index is 13.5. The number of anilines is 1. The third-order valence-corrected chi connectivity index (χ3v) is 4.94. The molecule has 2 saturated carbocycles. The first kappa shape index (κ1) is 14.0. The number of nitrogens with one attached hydrogen (secondary N) is 1. The van der Waals surface area contributed by atoms with Crippen molar-refractivity contribution in [3.8, 4) is 0 Å². The Morgan fingerprint density at radius 2 is 1.90 bits per heavy atom. The van der Waals surface area contributed by atoms with Crippen molar-refractivity contribution in [2.45, 2.75) is 26.2 Å². The van der Waals surface area contributed by atoms with E-state index in [9.17, 15) is 19.1 Å². The second kappa shape index (κ2) is 5.13. The van der Waals surface area contributed by atoms with E-state index in [0.29, 0.717) is 11.3 Å². The molecule has 1 aromatic rings. The molecule has 0 saturated heterocycles. The van der Waals surface area contributed by atoms with Gasteiger partial charge in [-0.1, -0.05) is 6.07 Å². The van der Waals surface area contributed by atoms with Gasteiger partial charge in [0.2, 0.25) is 5.91 Å². The summed E-state index contributed by atoms with van der Waals surface area (Å²) in [5, 5.41) is 12.0. The summed E-state index contributed by atoms with van der Waals surface area (Å²) < 4.78 is 13.5. The first-order valence-corrected chi connectivity index (χ1v) is 7.27. The molecule has 2 bridgehead atoms. The van der Waals surface area contributed by atoms with E-state index in [0.717, 1.165) is 19.3 Å².